The molecule has 0 bridgehead atoms. The number of ketones is 1. The van der Waals surface area contributed by atoms with Crippen LogP contribution in [0.1, 0.15) is 0 Å². The lowest BCUT2D eigenvalue weighted by Gasteiger charge is -2.18. The van der Waals surface area contributed by atoms with Crippen molar-refractivity contribution in [2.24, 2.45) is 16.1 Å². The number of nitrogens with zero attached hydrogens (tertiary/aromatic N) is 2. The van der Waals surface area contributed by atoms with Crippen molar-refractivity contribution in [1.29, 1.82) is 0 Å². The Morgan fingerprint density at radius 3 is 3.17 bits per heavy atom. The molecular weight excluding hydrogens is 176 g/mol. The Hall–Kier alpha value is -0.960. The Labute approximate surface area is 74.8 Å². The zero-order valence-electron chi connectivity index (χ0n) is 6.27. The van der Waals surface area contributed by atoms with Crippen LogP contribution in [0, 0.1) is 5.92 Å². The second-order valence-electron chi connectivity index (χ2n) is 2.76. The van der Waals surface area contributed by atoms with Crippen LogP contribution in [0.4, 0.5) is 0 Å². The number of Topliss-reactive ketones (excluding diaryl/α,β-unsaturated/α-hetero) is 1. The summed E-state index contributed by atoms with van der Waals surface area (Å²) in [7, 11) is 0. The van der Waals surface area contributed by atoms with Crippen LogP contribution >= 0.6 is 11.6 Å². The Morgan fingerprint density at radius 1 is 1.50 bits per heavy atom. The summed E-state index contributed by atoms with van der Waals surface area (Å²) in [6.07, 6.45) is 5.36. The Morgan fingerprint density at radius 2 is 2.33 bits per heavy atom. The van der Waals surface area contributed by atoms with Crippen LogP contribution in [-0.2, 0) is 4.79 Å². The predicted octanol–water partition coefficient (Wildman–Crippen LogP) is 1.70. The second kappa shape index (κ2) is 2.83. The van der Waals surface area contributed by atoms with Crippen LogP contribution in [0.3, 0.4) is 0 Å². The fraction of sp³-hybridized carbons (Fsp3) is 0.375. The van der Waals surface area contributed by atoms with E-state index in [1.807, 2.05) is 0 Å². The lowest BCUT2D eigenvalue weighted by atomic mass is 9.94. The van der Waals surface area contributed by atoms with E-state index in [4.69, 9.17) is 11.6 Å². The van der Waals surface area contributed by atoms with Gasteiger partial charge in [-0.1, -0.05) is 12.2 Å². The van der Waals surface area contributed by atoms with E-state index in [1.54, 1.807) is 18.2 Å². The maximum atomic E-state index is 11.2. The van der Waals surface area contributed by atoms with E-state index in [1.165, 1.54) is 0 Å². The number of carbonyl (C=O) groups is 1. The molecule has 1 heterocycles. The minimum atomic E-state index is -0.197. The molecule has 0 N–H and O–H groups in total. The van der Waals surface area contributed by atoms with Crippen molar-refractivity contribution in [1.82, 2.24) is 0 Å². The first-order valence-electron chi connectivity index (χ1n) is 3.72. The summed E-state index contributed by atoms with van der Waals surface area (Å²) in [6, 6.07) is 0. The van der Waals surface area contributed by atoms with E-state index in [2.05, 4.69) is 10.2 Å². The van der Waals surface area contributed by atoms with Crippen molar-refractivity contribution in [2.75, 3.05) is 6.54 Å². The van der Waals surface area contributed by atoms with Gasteiger partial charge in [0, 0.05) is 0 Å². The zero-order chi connectivity index (χ0) is 8.55. The normalized spacial score (nSPS) is 33.1. The van der Waals surface area contributed by atoms with Crippen molar-refractivity contribution >= 4 is 17.4 Å². The second-order valence-corrected chi connectivity index (χ2v) is 3.27. The third-order valence-corrected chi connectivity index (χ3v) is 2.17. The van der Waals surface area contributed by atoms with Gasteiger partial charge in [-0.25, -0.2) is 0 Å². The molecule has 0 saturated heterocycles. The third kappa shape index (κ3) is 1.20. The summed E-state index contributed by atoms with van der Waals surface area (Å²) in [4.78, 5) is 11.2. The molecule has 4 heteroatoms. The molecule has 0 spiro atoms. The molecule has 0 radical (unpaired) electrons. The molecule has 0 fully saturated rings. The molecule has 0 amide bonds. The molecule has 62 valence electrons. The quantitative estimate of drug-likeness (QED) is 0.415. The molecule has 3 nitrogen and oxygen atoms in total. The maximum absolute atomic E-state index is 11.2. The molecule has 0 aromatic heterocycles. The predicted molar refractivity (Wildman–Crippen MR) is 45.1 cm³/mol. The molecule has 2 rings (SSSR count). The van der Waals surface area contributed by atoms with Crippen LogP contribution in [0.15, 0.2) is 34.2 Å². The average molecular weight is 183 g/mol. The Bertz CT molecular complexity index is 306. The van der Waals surface area contributed by atoms with E-state index >= 15 is 0 Å². The summed E-state index contributed by atoms with van der Waals surface area (Å²) >= 11 is 5.81. The number of azo groups is 1. The van der Waals surface area contributed by atoms with Gasteiger partial charge in [-0.05, 0) is 6.08 Å². The third-order valence-electron chi connectivity index (χ3n) is 1.90. The molecule has 0 aromatic rings. The van der Waals surface area contributed by atoms with Gasteiger partial charge in [0.25, 0.3) is 0 Å². The van der Waals surface area contributed by atoms with Crippen LogP contribution in [0.25, 0.3) is 0 Å². The van der Waals surface area contributed by atoms with Gasteiger partial charge in [-0.2, -0.15) is 10.2 Å². The zero-order valence-corrected chi connectivity index (χ0v) is 7.03. The molecule has 2 aliphatic rings. The van der Waals surface area contributed by atoms with Crippen molar-refractivity contribution in [3.63, 3.8) is 0 Å². The number of allylic oxidation sites excluding steroid dienone is 3. The van der Waals surface area contributed by atoms with Gasteiger partial charge in [0.2, 0.25) is 0 Å². The van der Waals surface area contributed by atoms with Crippen LogP contribution in [0.5, 0.6) is 0 Å². The first-order valence-corrected chi connectivity index (χ1v) is 4.15. The molecular formula is C8H7ClN2O. The Kier molecular flexibility index (Phi) is 1.81. The van der Waals surface area contributed by atoms with Crippen LogP contribution in [0.2, 0.25) is 0 Å². The summed E-state index contributed by atoms with van der Waals surface area (Å²) in [5, 5.41) is 7.42. The van der Waals surface area contributed by atoms with Crippen molar-refractivity contribution in [3.8, 4) is 0 Å². The first kappa shape index (κ1) is 7.68. The van der Waals surface area contributed by atoms with Crippen molar-refractivity contribution in [2.45, 2.75) is 5.38 Å². The van der Waals surface area contributed by atoms with Gasteiger partial charge >= 0.3 is 0 Å². The highest BCUT2D eigenvalue weighted by Crippen LogP contribution is 2.26. The largest absolute Gasteiger partial charge is 0.296 e. The topological polar surface area (TPSA) is 41.8 Å². The fourth-order valence-corrected chi connectivity index (χ4v) is 1.50. The average Bonchev–Trinajstić information content (AvgIpc) is 2.04. The van der Waals surface area contributed by atoms with Crippen molar-refractivity contribution < 1.29 is 4.79 Å². The van der Waals surface area contributed by atoms with Crippen LogP contribution in [-0.4, -0.2) is 17.7 Å². The first-order chi connectivity index (χ1) is 5.77. The minimum absolute atomic E-state index is 0.0936. The molecule has 0 aromatic carbocycles. The summed E-state index contributed by atoms with van der Waals surface area (Å²) < 4.78 is 0. The highest BCUT2D eigenvalue weighted by molar-refractivity contribution is 6.23. The molecule has 1 aliphatic heterocycles. The monoisotopic (exact) mass is 182 g/mol. The highest BCUT2D eigenvalue weighted by Gasteiger charge is 2.26. The molecule has 1 aliphatic carbocycles. The molecule has 2 unspecified atom stereocenters. The number of fused-ring (bicyclic) bond motifs is 1. The number of hydrogen-bond acceptors (Lipinski definition) is 3. The lowest BCUT2D eigenvalue weighted by Crippen LogP contribution is -2.22. The van der Waals surface area contributed by atoms with E-state index in [9.17, 15) is 4.79 Å². The summed E-state index contributed by atoms with van der Waals surface area (Å²) in [5.74, 6) is -0.103. The summed E-state index contributed by atoms with van der Waals surface area (Å²) in [6.45, 7) is 0.194. The van der Waals surface area contributed by atoms with Crippen molar-refractivity contribution in [3.05, 3.63) is 23.9 Å². The van der Waals surface area contributed by atoms with Gasteiger partial charge in [-0.15, -0.1) is 11.6 Å². The lowest BCUT2D eigenvalue weighted by molar-refractivity contribution is -0.119. The number of alkyl halides is 1. The van der Waals surface area contributed by atoms with Gasteiger partial charge in [0.1, 0.15) is 6.54 Å². The van der Waals surface area contributed by atoms with Gasteiger partial charge in [-0.3, -0.25) is 4.79 Å². The van der Waals surface area contributed by atoms with Gasteiger partial charge in [0.05, 0.1) is 17.0 Å². The number of carbonyl (C=O) groups excluding carboxylic acids is 1. The number of rotatable bonds is 0. The fourth-order valence-electron chi connectivity index (χ4n) is 1.29. The smallest absolute Gasteiger partial charge is 0.168 e. The molecule has 0 saturated carbocycles. The number of hydrogen-bond donors (Lipinski definition) is 0. The molecule has 12 heavy (non-hydrogen) atoms. The minimum Gasteiger partial charge on any atom is -0.296 e. The van der Waals surface area contributed by atoms with E-state index < -0.39 is 0 Å². The maximum Gasteiger partial charge on any atom is 0.168 e. The number of halogens is 1. The van der Waals surface area contributed by atoms with Gasteiger partial charge < -0.3 is 0 Å². The standard InChI is InChI=1S/C8H7ClN2O/c9-5-1-2-6-7(3-5)11-10-4-8(6)12/h1-3,5-6H,4H2. The molecule has 2 atom stereocenters. The van der Waals surface area contributed by atoms with E-state index in [0.717, 1.165) is 0 Å². The highest BCUT2D eigenvalue weighted by atomic mass is 35.5. The van der Waals surface area contributed by atoms with Crippen LogP contribution < -0.4 is 0 Å². The SMILES string of the molecule is O=C1CN=NC2=CC(Cl)C=CC12. The Balaban J connectivity index is 2.36. The van der Waals surface area contributed by atoms with E-state index in [-0.39, 0.29) is 23.6 Å². The van der Waals surface area contributed by atoms with E-state index in [0.29, 0.717) is 5.70 Å². The summed E-state index contributed by atoms with van der Waals surface area (Å²) in [5.41, 5.74) is 0.689. The van der Waals surface area contributed by atoms with Gasteiger partial charge in [0.15, 0.2) is 5.78 Å².